The minimum atomic E-state index is -3.49. The molecular weight excluding hydrogens is 408 g/mol. The second-order valence-electron chi connectivity index (χ2n) is 8.70. The predicted octanol–water partition coefficient (Wildman–Crippen LogP) is 4.23. The van der Waals surface area contributed by atoms with Crippen molar-refractivity contribution in [1.82, 2.24) is 9.62 Å². The summed E-state index contributed by atoms with van der Waals surface area (Å²) in [7, 11) is -3.49. The molecule has 2 aliphatic rings. The summed E-state index contributed by atoms with van der Waals surface area (Å²) in [5.74, 6) is -0.102. The van der Waals surface area contributed by atoms with Crippen LogP contribution in [0.2, 0.25) is 0 Å². The highest BCUT2D eigenvalue weighted by atomic mass is 32.2. The summed E-state index contributed by atoms with van der Waals surface area (Å²) in [6.07, 6.45) is 6.73. The van der Waals surface area contributed by atoms with E-state index in [1.165, 1.54) is 33.8 Å². The molecule has 1 fully saturated rings. The highest BCUT2D eigenvalue weighted by Gasteiger charge is 2.32. The van der Waals surface area contributed by atoms with Gasteiger partial charge in [-0.25, -0.2) is 8.42 Å². The molecule has 5 nitrogen and oxygen atoms in total. The maximum absolute atomic E-state index is 13.0. The monoisotopic (exact) mass is 440 g/mol. The quantitative estimate of drug-likeness (QED) is 0.731. The highest BCUT2D eigenvalue weighted by molar-refractivity contribution is 7.89. The van der Waals surface area contributed by atoms with Crippen LogP contribution in [0.3, 0.4) is 0 Å². The number of nitrogens with one attached hydrogen (secondary N) is 1. The van der Waals surface area contributed by atoms with Crippen LogP contribution in [0.5, 0.6) is 0 Å². The van der Waals surface area contributed by atoms with E-state index in [0.29, 0.717) is 30.8 Å². The van der Waals surface area contributed by atoms with Crippen LogP contribution in [0.15, 0.2) is 53.4 Å². The first-order valence-electron chi connectivity index (χ1n) is 11.5. The molecule has 1 atom stereocenters. The molecule has 1 N–H and O–H groups in total. The molecule has 1 unspecified atom stereocenters. The second-order valence-corrected chi connectivity index (χ2v) is 10.6. The van der Waals surface area contributed by atoms with Gasteiger partial charge in [0.05, 0.1) is 10.9 Å². The average molecular weight is 441 g/mol. The van der Waals surface area contributed by atoms with Crippen molar-refractivity contribution in [1.29, 1.82) is 0 Å². The zero-order chi connectivity index (χ0) is 21.8. The lowest BCUT2D eigenvalue weighted by atomic mass is 9.88. The first-order valence-corrected chi connectivity index (χ1v) is 12.9. The van der Waals surface area contributed by atoms with Gasteiger partial charge in [0.1, 0.15) is 0 Å². The van der Waals surface area contributed by atoms with Gasteiger partial charge in [-0.3, -0.25) is 4.79 Å². The third-order valence-corrected chi connectivity index (χ3v) is 8.62. The Morgan fingerprint density at radius 3 is 2.39 bits per heavy atom. The zero-order valence-electron chi connectivity index (χ0n) is 18.2. The third-order valence-electron chi connectivity index (χ3n) is 6.71. The molecule has 0 aromatic heterocycles. The fourth-order valence-corrected chi connectivity index (χ4v) is 6.27. The van der Waals surface area contributed by atoms with Crippen molar-refractivity contribution in [3.8, 4) is 0 Å². The Morgan fingerprint density at radius 2 is 1.71 bits per heavy atom. The van der Waals surface area contributed by atoms with Gasteiger partial charge in [0.25, 0.3) is 0 Å². The Labute approximate surface area is 185 Å². The normalized spacial score (nSPS) is 18.9. The molecule has 31 heavy (non-hydrogen) atoms. The minimum absolute atomic E-state index is 0.00538. The fourth-order valence-electron chi connectivity index (χ4n) is 4.78. The van der Waals surface area contributed by atoms with E-state index in [1.807, 2.05) is 6.07 Å². The number of amides is 1. The lowest BCUT2D eigenvalue weighted by Crippen LogP contribution is -2.43. The molecule has 2 aromatic carbocycles. The summed E-state index contributed by atoms with van der Waals surface area (Å²) in [4.78, 5) is 13.3. The van der Waals surface area contributed by atoms with E-state index in [1.54, 1.807) is 24.3 Å². The third kappa shape index (κ3) is 4.85. The molecule has 1 heterocycles. The molecule has 4 rings (SSSR count). The molecule has 1 amide bonds. The number of sulfonamides is 1. The van der Waals surface area contributed by atoms with E-state index >= 15 is 0 Å². The highest BCUT2D eigenvalue weighted by Crippen LogP contribution is 2.28. The summed E-state index contributed by atoms with van der Waals surface area (Å²) >= 11 is 0. The fraction of sp³-hybridized carbons (Fsp3) is 0.480. The second kappa shape index (κ2) is 9.53. The van der Waals surface area contributed by atoms with Gasteiger partial charge in [-0.15, -0.1) is 0 Å². The SMILES string of the molecule is CCC(NC(=O)C1CCN(S(=O)(=O)c2ccccc2)CC1)c1ccc2c(c1)CCCC2. The van der Waals surface area contributed by atoms with Gasteiger partial charge >= 0.3 is 0 Å². The van der Waals surface area contributed by atoms with Gasteiger partial charge in [-0.2, -0.15) is 4.31 Å². The summed E-state index contributed by atoms with van der Waals surface area (Å²) in [5.41, 5.74) is 4.06. The molecule has 1 aliphatic heterocycles. The van der Waals surface area contributed by atoms with Crippen molar-refractivity contribution in [3.63, 3.8) is 0 Å². The van der Waals surface area contributed by atoms with Gasteiger partial charge in [-0.1, -0.05) is 43.3 Å². The van der Waals surface area contributed by atoms with Crippen molar-refractivity contribution >= 4 is 15.9 Å². The van der Waals surface area contributed by atoms with Crippen molar-refractivity contribution in [2.24, 2.45) is 5.92 Å². The van der Waals surface area contributed by atoms with Gasteiger partial charge in [0.2, 0.25) is 15.9 Å². The number of piperidine rings is 1. The first-order chi connectivity index (χ1) is 15.0. The number of hydrogen-bond acceptors (Lipinski definition) is 3. The maximum Gasteiger partial charge on any atom is 0.243 e. The van der Waals surface area contributed by atoms with Crippen molar-refractivity contribution < 1.29 is 13.2 Å². The number of aryl methyl sites for hydroxylation is 2. The number of rotatable bonds is 6. The molecule has 166 valence electrons. The van der Waals surface area contributed by atoms with Crippen LogP contribution in [0.4, 0.5) is 0 Å². The van der Waals surface area contributed by atoms with Gasteiger partial charge in [-0.05, 0) is 73.8 Å². The number of benzene rings is 2. The number of nitrogens with zero attached hydrogens (tertiary/aromatic N) is 1. The van der Waals surface area contributed by atoms with Crippen molar-refractivity contribution in [3.05, 3.63) is 65.2 Å². The average Bonchev–Trinajstić information content (AvgIpc) is 2.82. The van der Waals surface area contributed by atoms with E-state index in [2.05, 4.69) is 30.4 Å². The number of fused-ring (bicyclic) bond motifs is 1. The number of carbonyl (C=O) groups is 1. The largest absolute Gasteiger partial charge is 0.349 e. The van der Waals surface area contributed by atoms with E-state index in [4.69, 9.17) is 0 Å². The molecule has 6 heteroatoms. The van der Waals surface area contributed by atoms with Crippen LogP contribution < -0.4 is 5.32 Å². The van der Waals surface area contributed by atoms with E-state index in [0.717, 1.165) is 19.3 Å². The summed E-state index contributed by atoms with van der Waals surface area (Å²) in [6.45, 7) is 2.86. The molecule has 2 aromatic rings. The van der Waals surface area contributed by atoms with Gasteiger partial charge in [0.15, 0.2) is 0 Å². The minimum Gasteiger partial charge on any atom is -0.349 e. The molecule has 0 saturated carbocycles. The van der Waals surface area contributed by atoms with Crippen LogP contribution >= 0.6 is 0 Å². The summed E-state index contributed by atoms with van der Waals surface area (Å²) in [6, 6.07) is 15.2. The Morgan fingerprint density at radius 1 is 1.03 bits per heavy atom. The van der Waals surface area contributed by atoms with E-state index in [9.17, 15) is 13.2 Å². The number of hydrogen-bond donors (Lipinski definition) is 1. The molecule has 0 radical (unpaired) electrons. The Hall–Kier alpha value is -2.18. The van der Waals surface area contributed by atoms with Crippen LogP contribution in [0.25, 0.3) is 0 Å². The Kier molecular flexibility index (Phi) is 6.77. The van der Waals surface area contributed by atoms with Gasteiger partial charge < -0.3 is 5.32 Å². The lowest BCUT2D eigenvalue weighted by Gasteiger charge is -2.31. The van der Waals surface area contributed by atoms with E-state index in [-0.39, 0.29) is 17.9 Å². The lowest BCUT2D eigenvalue weighted by molar-refractivity contribution is -0.126. The smallest absolute Gasteiger partial charge is 0.243 e. The summed E-state index contributed by atoms with van der Waals surface area (Å²) < 4.78 is 27.1. The standard InChI is InChI=1S/C25H32N2O3S/c1-2-24(22-13-12-19-8-6-7-9-21(19)18-22)26-25(28)20-14-16-27(17-15-20)31(29,30)23-10-4-3-5-11-23/h3-5,10-13,18,20,24H,2,6-9,14-17H2,1H3,(H,26,28). The Bertz CT molecular complexity index is 1010. The Balaban J connectivity index is 1.37. The summed E-state index contributed by atoms with van der Waals surface area (Å²) in [5, 5.41) is 3.24. The van der Waals surface area contributed by atoms with Crippen molar-refractivity contribution in [2.45, 2.75) is 62.8 Å². The maximum atomic E-state index is 13.0. The van der Waals surface area contributed by atoms with Crippen molar-refractivity contribution in [2.75, 3.05) is 13.1 Å². The van der Waals surface area contributed by atoms with Crippen LogP contribution in [-0.4, -0.2) is 31.7 Å². The predicted molar refractivity (Wildman–Crippen MR) is 122 cm³/mol. The molecule has 1 aliphatic carbocycles. The number of carbonyl (C=O) groups excluding carboxylic acids is 1. The first kappa shape index (κ1) is 22.0. The zero-order valence-corrected chi connectivity index (χ0v) is 19.0. The molecule has 0 bridgehead atoms. The van der Waals surface area contributed by atoms with E-state index < -0.39 is 10.0 Å². The molecule has 0 spiro atoms. The van der Waals surface area contributed by atoms with Crippen LogP contribution in [0, 0.1) is 5.92 Å². The van der Waals surface area contributed by atoms with Gasteiger partial charge in [0, 0.05) is 19.0 Å². The van der Waals surface area contributed by atoms with Crippen LogP contribution in [-0.2, 0) is 27.7 Å². The molecule has 1 saturated heterocycles. The topological polar surface area (TPSA) is 66.5 Å². The van der Waals surface area contributed by atoms with Crippen LogP contribution in [0.1, 0.15) is 61.8 Å². The molecular formula is C25H32N2O3S.